The molecule has 1 N–H and O–H groups in total. The van der Waals surface area contributed by atoms with Crippen molar-refractivity contribution < 1.29 is 0 Å². The molecule has 0 radical (unpaired) electrons. The molecule has 0 aromatic carbocycles. The van der Waals surface area contributed by atoms with Gasteiger partial charge in [0.05, 0.1) is 0 Å². The largest absolute Gasteiger partial charge is 0.370 e. The van der Waals surface area contributed by atoms with E-state index in [0.717, 1.165) is 43.3 Å². The molecule has 0 fully saturated rings. The van der Waals surface area contributed by atoms with E-state index in [0.29, 0.717) is 0 Å². The lowest BCUT2D eigenvalue weighted by atomic mass is 10.2. The summed E-state index contributed by atoms with van der Waals surface area (Å²) < 4.78 is 0. The molecule has 0 unspecified atom stereocenters. The van der Waals surface area contributed by atoms with Crippen molar-refractivity contribution in [3.05, 3.63) is 11.9 Å². The molecule has 0 saturated heterocycles. The number of thioether (sulfide) groups is 1. The van der Waals surface area contributed by atoms with Crippen LogP contribution < -0.4 is 10.2 Å². The second-order valence-electron chi connectivity index (χ2n) is 4.22. The fraction of sp³-hybridized carbons (Fsp3) is 0.692. The second-order valence-corrected chi connectivity index (χ2v) is 5.20. The highest BCUT2D eigenvalue weighted by Crippen LogP contribution is 2.23. The van der Waals surface area contributed by atoms with Crippen LogP contribution in [0.25, 0.3) is 0 Å². The molecule has 0 aliphatic heterocycles. The van der Waals surface area contributed by atoms with E-state index in [1.807, 2.05) is 11.8 Å². The van der Waals surface area contributed by atoms with Gasteiger partial charge in [0.1, 0.15) is 18.0 Å². The van der Waals surface area contributed by atoms with Crippen molar-refractivity contribution in [1.29, 1.82) is 0 Å². The van der Waals surface area contributed by atoms with Gasteiger partial charge in [0.2, 0.25) is 0 Å². The number of anilines is 2. The molecule has 0 amide bonds. The standard InChI is InChI=1S/C13H24N4S/c1-5-7-14-12-11(6-2)13(16-10-15-12)17(3)8-9-18-4/h10H,5-9H2,1-4H3,(H,14,15,16). The normalized spacial score (nSPS) is 10.4. The number of hydrogen-bond acceptors (Lipinski definition) is 5. The number of rotatable bonds is 8. The first-order valence-corrected chi connectivity index (χ1v) is 7.91. The lowest BCUT2D eigenvalue weighted by molar-refractivity contribution is 0.897. The van der Waals surface area contributed by atoms with E-state index in [1.165, 1.54) is 5.56 Å². The highest BCUT2D eigenvalue weighted by Gasteiger charge is 2.12. The quantitative estimate of drug-likeness (QED) is 0.785. The van der Waals surface area contributed by atoms with Crippen molar-refractivity contribution in [3.8, 4) is 0 Å². The molecule has 0 bridgehead atoms. The fourth-order valence-corrected chi connectivity index (χ4v) is 2.24. The van der Waals surface area contributed by atoms with Gasteiger partial charge in [0.25, 0.3) is 0 Å². The Labute approximate surface area is 115 Å². The first-order chi connectivity index (χ1) is 8.74. The topological polar surface area (TPSA) is 41.1 Å². The van der Waals surface area contributed by atoms with Gasteiger partial charge in [-0.3, -0.25) is 0 Å². The summed E-state index contributed by atoms with van der Waals surface area (Å²) in [6.45, 7) is 6.28. The summed E-state index contributed by atoms with van der Waals surface area (Å²) in [4.78, 5) is 11.0. The average Bonchev–Trinajstić information content (AvgIpc) is 2.41. The van der Waals surface area contributed by atoms with E-state index in [-0.39, 0.29) is 0 Å². The third kappa shape index (κ3) is 4.05. The van der Waals surface area contributed by atoms with Crippen LogP contribution in [0.2, 0.25) is 0 Å². The van der Waals surface area contributed by atoms with Gasteiger partial charge in [-0.05, 0) is 19.1 Å². The van der Waals surface area contributed by atoms with Crippen LogP contribution >= 0.6 is 11.8 Å². The number of hydrogen-bond donors (Lipinski definition) is 1. The zero-order chi connectivity index (χ0) is 13.4. The maximum atomic E-state index is 4.44. The molecule has 1 aromatic heterocycles. The van der Waals surface area contributed by atoms with E-state index in [1.54, 1.807) is 6.33 Å². The highest BCUT2D eigenvalue weighted by molar-refractivity contribution is 7.98. The molecule has 1 aromatic rings. The second kappa shape index (κ2) is 8.19. The van der Waals surface area contributed by atoms with Gasteiger partial charge in [-0.1, -0.05) is 13.8 Å². The number of aromatic nitrogens is 2. The van der Waals surface area contributed by atoms with Crippen LogP contribution in [0.1, 0.15) is 25.8 Å². The zero-order valence-electron chi connectivity index (χ0n) is 11.9. The summed E-state index contributed by atoms with van der Waals surface area (Å²) in [7, 11) is 2.10. The Balaban J connectivity index is 2.89. The third-order valence-electron chi connectivity index (χ3n) is 2.81. The molecular formula is C13H24N4S. The van der Waals surface area contributed by atoms with Gasteiger partial charge >= 0.3 is 0 Å². The van der Waals surface area contributed by atoms with Crippen LogP contribution in [0.3, 0.4) is 0 Å². The van der Waals surface area contributed by atoms with Crippen LogP contribution in [0.15, 0.2) is 6.33 Å². The Morgan fingerprint density at radius 3 is 2.72 bits per heavy atom. The molecular weight excluding hydrogens is 244 g/mol. The Bertz CT molecular complexity index is 357. The van der Waals surface area contributed by atoms with E-state index < -0.39 is 0 Å². The van der Waals surface area contributed by atoms with E-state index in [4.69, 9.17) is 0 Å². The molecule has 0 aliphatic carbocycles. The lowest BCUT2D eigenvalue weighted by Gasteiger charge is -2.22. The Kier molecular flexibility index (Phi) is 6.86. The Morgan fingerprint density at radius 1 is 1.33 bits per heavy atom. The van der Waals surface area contributed by atoms with Gasteiger partial charge in [-0.25, -0.2) is 9.97 Å². The minimum atomic E-state index is 0.950. The van der Waals surface area contributed by atoms with Crippen molar-refractivity contribution in [3.63, 3.8) is 0 Å². The van der Waals surface area contributed by atoms with Gasteiger partial charge in [0.15, 0.2) is 0 Å². The van der Waals surface area contributed by atoms with Crippen molar-refractivity contribution >= 4 is 23.4 Å². The van der Waals surface area contributed by atoms with Crippen molar-refractivity contribution in [2.75, 3.05) is 42.4 Å². The van der Waals surface area contributed by atoms with Crippen LogP contribution in [0.4, 0.5) is 11.6 Å². The molecule has 1 rings (SSSR count). The van der Waals surface area contributed by atoms with E-state index in [2.05, 4.69) is 47.3 Å². The lowest BCUT2D eigenvalue weighted by Crippen LogP contribution is -2.23. The first kappa shape index (κ1) is 15.1. The SMILES string of the molecule is CCCNc1ncnc(N(C)CCSC)c1CC. The summed E-state index contributed by atoms with van der Waals surface area (Å²) in [5.41, 5.74) is 1.22. The van der Waals surface area contributed by atoms with Crippen LogP contribution in [0.5, 0.6) is 0 Å². The molecule has 0 aliphatic rings. The van der Waals surface area contributed by atoms with Gasteiger partial charge in [-0.15, -0.1) is 0 Å². The van der Waals surface area contributed by atoms with E-state index >= 15 is 0 Å². The summed E-state index contributed by atoms with van der Waals surface area (Å²) in [6, 6.07) is 0. The molecule has 18 heavy (non-hydrogen) atoms. The van der Waals surface area contributed by atoms with Crippen LogP contribution in [-0.2, 0) is 6.42 Å². The molecule has 102 valence electrons. The number of nitrogens with one attached hydrogen (secondary N) is 1. The fourth-order valence-electron chi connectivity index (χ4n) is 1.79. The van der Waals surface area contributed by atoms with Crippen LogP contribution in [-0.4, -0.2) is 42.1 Å². The maximum Gasteiger partial charge on any atom is 0.137 e. The average molecular weight is 268 g/mol. The predicted octanol–water partition coefficient (Wildman–Crippen LogP) is 2.66. The minimum absolute atomic E-state index is 0.950. The summed E-state index contributed by atoms with van der Waals surface area (Å²) in [5.74, 6) is 3.15. The molecule has 1 heterocycles. The van der Waals surface area contributed by atoms with Gasteiger partial charge < -0.3 is 10.2 Å². The molecule has 0 spiro atoms. The van der Waals surface area contributed by atoms with Crippen molar-refractivity contribution in [2.45, 2.75) is 26.7 Å². The summed E-state index contributed by atoms with van der Waals surface area (Å²) >= 11 is 1.86. The van der Waals surface area contributed by atoms with Gasteiger partial charge in [0, 0.05) is 31.5 Å². The zero-order valence-corrected chi connectivity index (χ0v) is 12.7. The van der Waals surface area contributed by atoms with Gasteiger partial charge in [-0.2, -0.15) is 11.8 Å². The molecule has 0 atom stereocenters. The monoisotopic (exact) mass is 268 g/mol. The summed E-state index contributed by atoms with van der Waals surface area (Å²) in [5, 5.41) is 3.38. The molecule has 4 nitrogen and oxygen atoms in total. The molecule has 5 heteroatoms. The summed E-state index contributed by atoms with van der Waals surface area (Å²) in [6.07, 6.45) is 5.83. The van der Waals surface area contributed by atoms with Crippen molar-refractivity contribution in [2.24, 2.45) is 0 Å². The number of nitrogens with zero attached hydrogens (tertiary/aromatic N) is 3. The Hall–Kier alpha value is -0.970. The van der Waals surface area contributed by atoms with Crippen LogP contribution in [0, 0.1) is 0 Å². The highest BCUT2D eigenvalue weighted by atomic mass is 32.2. The van der Waals surface area contributed by atoms with Crippen molar-refractivity contribution in [1.82, 2.24) is 9.97 Å². The predicted molar refractivity (Wildman–Crippen MR) is 81.8 cm³/mol. The minimum Gasteiger partial charge on any atom is -0.370 e. The Morgan fingerprint density at radius 2 is 2.11 bits per heavy atom. The molecule has 0 saturated carbocycles. The maximum absolute atomic E-state index is 4.44. The first-order valence-electron chi connectivity index (χ1n) is 6.52. The smallest absolute Gasteiger partial charge is 0.137 e. The third-order valence-corrected chi connectivity index (χ3v) is 3.40. The van der Waals surface area contributed by atoms with E-state index in [9.17, 15) is 0 Å².